The van der Waals surface area contributed by atoms with Crippen LogP contribution in [-0.4, -0.2) is 52.0 Å². The molecule has 210 valence electrons. The molecule has 3 aromatic rings. The lowest BCUT2D eigenvalue weighted by molar-refractivity contribution is -0.153. The predicted octanol–water partition coefficient (Wildman–Crippen LogP) is 4.15. The molecule has 3 aromatic carbocycles. The van der Waals surface area contributed by atoms with Crippen molar-refractivity contribution in [3.8, 4) is 34.1 Å². The van der Waals surface area contributed by atoms with Gasteiger partial charge in [-0.05, 0) is 24.1 Å². The van der Waals surface area contributed by atoms with Gasteiger partial charge in [0.05, 0.1) is 29.7 Å². The van der Waals surface area contributed by atoms with E-state index in [2.05, 4.69) is 0 Å². The summed E-state index contributed by atoms with van der Waals surface area (Å²) in [5, 5.41) is 33.7. The fourth-order valence-corrected chi connectivity index (χ4v) is 6.05. The van der Waals surface area contributed by atoms with Crippen LogP contribution in [0.15, 0.2) is 24.3 Å². The third-order valence-corrected chi connectivity index (χ3v) is 7.83. The van der Waals surface area contributed by atoms with Crippen molar-refractivity contribution in [2.45, 2.75) is 45.8 Å². The average Bonchev–Trinajstić information content (AvgIpc) is 2.90. The standard InChI is InChI=1S/C31H26O10/c1-11(2)30(37)41-17-10-14-9-13-8-12(3)40-31(38)19(13)26(34)18(14)22-21(17)29(39-4)24-23(28(22)36)25(33)15-6-5-7-16(32)20(15)27(24)35/h5-7,9,11-12,17,32,34,36H,8,10H2,1-4H3/t12-,17+/m0/s1. The number of fused-ring (bicyclic) bond motifs is 6. The van der Waals surface area contributed by atoms with Crippen molar-refractivity contribution in [2.75, 3.05) is 7.11 Å². The van der Waals surface area contributed by atoms with Crippen molar-refractivity contribution >= 4 is 23.5 Å². The molecule has 2 atom stereocenters. The highest BCUT2D eigenvalue weighted by Gasteiger charge is 2.45. The van der Waals surface area contributed by atoms with E-state index in [4.69, 9.17) is 14.2 Å². The van der Waals surface area contributed by atoms with Gasteiger partial charge in [0.15, 0.2) is 5.78 Å². The van der Waals surface area contributed by atoms with E-state index < -0.39 is 58.9 Å². The van der Waals surface area contributed by atoms with E-state index in [-0.39, 0.29) is 56.7 Å². The zero-order valence-corrected chi connectivity index (χ0v) is 22.7. The quantitative estimate of drug-likeness (QED) is 0.312. The van der Waals surface area contributed by atoms with Gasteiger partial charge in [-0.3, -0.25) is 14.4 Å². The fraction of sp³-hybridized carbons (Fsp3) is 0.290. The molecule has 0 bridgehead atoms. The maximum Gasteiger partial charge on any atom is 0.342 e. The van der Waals surface area contributed by atoms with Crippen LogP contribution in [0.3, 0.4) is 0 Å². The first-order valence-corrected chi connectivity index (χ1v) is 13.1. The molecule has 0 saturated carbocycles. The highest BCUT2D eigenvalue weighted by atomic mass is 16.5. The Kier molecular flexibility index (Phi) is 5.84. The zero-order chi connectivity index (χ0) is 29.5. The van der Waals surface area contributed by atoms with Crippen LogP contribution in [0.1, 0.15) is 85.8 Å². The molecule has 2 aliphatic carbocycles. The molecule has 1 aliphatic heterocycles. The highest BCUT2D eigenvalue weighted by Crippen LogP contribution is 2.57. The van der Waals surface area contributed by atoms with Gasteiger partial charge in [0, 0.05) is 35.1 Å². The molecule has 0 aromatic heterocycles. The molecule has 0 radical (unpaired) electrons. The van der Waals surface area contributed by atoms with Crippen LogP contribution in [0.4, 0.5) is 0 Å². The number of hydrogen-bond acceptors (Lipinski definition) is 10. The fourth-order valence-electron chi connectivity index (χ4n) is 6.05. The summed E-state index contributed by atoms with van der Waals surface area (Å²) in [4.78, 5) is 53.2. The number of esters is 2. The number of phenols is 3. The number of aromatic hydroxyl groups is 3. The molecule has 3 aliphatic rings. The Balaban J connectivity index is 1.72. The second kappa shape index (κ2) is 9.09. The van der Waals surface area contributed by atoms with Crippen LogP contribution in [0.5, 0.6) is 23.0 Å². The van der Waals surface area contributed by atoms with Gasteiger partial charge in [-0.1, -0.05) is 32.0 Å². The molecule has 0 fully saturated rings. The lowest BCUT2D eigenvalue weighted by Crippen LogP contribution is -2.28. The summed E-state index contributed by atoms with van der Waals surface area (Å²) in [5.74, 6) is -5.03. The molecule has 10 heteroatoms. The number of carbonyl (C=O) groups is 4. The number of benzene rings is 3. The molecule has 6 rings (SSSR count). The number of rotatable bonds is 3. The first kappa shape index (κ1) is 26.4. The number of ketones is 2. The normalized spacial score (nSPS) is 18.5. The maximum absolute atomic E-state index is 13.8. The molecule has 41 heavy (non-hydrogen) atoms. The van der Waals surface area contributed by atoms with Crippen molar-refractivity contribution in [1.82, 2.24) is 0 Å². The Morgan fingerprint density at radius 3 is 2.27 bits per heavy atom. The van der Waals surface area contributed by atoms with E-state index >= 15 is 0 Å². The van der Waals surface area contributed by atoms with Gasteiger partial charge in [0.25, 0.3) is 0 Å². The van der Waals surface area contributed by atoms with Crippen LogP contribution >= 0.6 is 0 Å². The van der Waals surface area contributed by atoms with Crippen molar-refractivity contribution in [3.05, 3.63) is 68.8 Å². The van der Waals surface area contributed by atoms with Crippen LogP contribution < -0.4 is 4.74 Å². The molecule has 3 N–H and O–H groups in total. The first-order chi connectivity index (χ1) is 19.5. The molecular formula is C31H26O10. The molecule has 0 unspecified atom stereocenters. The van der Waals surface area contributed by atoms with Gasteiger partial charge in [-0.15, -0.1) is 0 Å². The lowest BCUT2D eigenvalue weighted by atomic mass is 9.74. The van der Waals surface area contributed by atoms with Crippen LogP contribution in [-0.2, 0) is 27.1 Å². The number of cyclic esters (lactones) is 1. The topological polar surface area (TPSA) is 157 Å². The zero-order valence-electron chi connectivity index (χ0n) is 22.7. The summed E-state index contributed by atoms with van der Waals surface area (Å²) in [6.45, 7) is 5.03. The molecule has 1 heterocycles. The van der Waals surface area contributed by atoms with E-state index in [1.807, 2.05) is 0 Å². The number of ether oxygens (including phenoxy) is 3. The number of carbonyl (C=O) groups excluding carboxylic acids is 4. The van der Waals surface area contributed by atoms with Gasteiger partial charge in [0.1, 0.15) is 40.8 Å². The smallest absolute Gasteiger partial charge is 0.342 e. The van der Waals surface area contributed by atoms with E-state index in [0.717, 1.165) is 0 Å². The van der Waals surface area contributed by atoms with Gasteiger partial charge in [-0.25, -0.2) is 4.79 Å². The van der Waals surface area contributed by atoms with Gasteiger partial charge < -0.3 is 29.5 Å². The molecule has 0 spiro atoms. The largest absolute Gasteiger partial charge is 0.507 e. The summed E-state index contributed by atoms with van der Waals surface area (Å²) in [5.41, 5.74) is -0.139. The Hall–Kier alpha value is -4.86. The van der Waals surface area contributed by atoms with Gasteiger partial charge >= 0.3 is 11.9 Å². The Labute approximate surface area is 234 Å². The number of methoxy groups -OCH3 is 1. The van der Waals surface area contributed by atoms with E-state index in [1.54, 1.807) is 26.8 Å². The Morgan fingerprint density at radius 2 is 1.59 bits per heavy atom. The van der Waals surface area contributed by atoms with E-state index in [9.17, 15) is 34.5 Å². The number of phenolic OH excluding ortho intramolecular Hbond substituents is 3. The van der Waals surface area contributed by atoms with Gasteiger partial charge in [0.2, 0.25) is 5.78 Å². The Morgan fingerprint density at radius 1 is 0.902 bits per heavy atom. The average molecular weight is 559 g/mol. The minimum atomic E-state index is -1.09. The summed E-state index contributed by atoms with van der Waals surface area (Å²) in [6.07, 6.45) is -1.17. The van der Waals surface area contributed by atoms with Crippen LogP contribution in [0, 0.1) is 5.92 Å². The Bertz CT molecular complexity index is 1730. The maximum atomic E-state index is 13.8. The monoisotopic (exact) mass is 558 g/mol. The minimum Gasteiger partial charge on any atom is -0.507 e. The van der Waals surface area contributed by atoms with Crippen LogP contribution in [0.25, 0.3) is 11.1 Å². The van der Waals surface area contributed by atoms with Crippen molar-refractivity contribution < 1.29 is 48.7 Å². The van der Waals surface area contributed by atoms with Crippen LogP contribution in [0.2, 0.25) is 0 Å². The highest BCUT2D eigenvalue weighted by molar-refractivity contribution is 6.32. The van der Waals surface area contributed by atoms with E-state index in [0.29, 0.717) is 17.5 Å². The van der Waals surface area contributed by atoms with Crippen molar-refractivity contribution in [2.24, 2.45) is 5.92 Å². The summed E-state index contributed by atoms with van der Waals surface area (Å²) in [6, 6.07) is 5.73. The first-order valence-electron chi connectivity index (χ1n) is 13.1. The molecule has 10 nitrogen and oxygen atoms in total. The molecular weight excluding hydrogens is 532 g/mol. The van der Waals surface area contributed by atoms with E-state index in [1.165, 1.54) is 25.3 Å². The summed E-state index contributed by atoms with van der Waals surface area (Å²) < 4.78 is 16.9. The third kappa shape index (κ3) is 3.63. The third-order valence-electron chi connectivity index (χ3n) is 7.83. The summed E-state index contributed by atoms with van der Waals surface area (Å²) in [7, 11) is 1.26. The minimum absolute atomic E-state index is 0.0175. The molecule has 0 saturated heterocycles. The van der Waals surface area contributed by atoms with Gasteiger partial charge in [-0.2, -0.15) is 0 Å². The lowest BCUT2D eigenvalue weighted by Gasteiger charge is -2.34. The SMILES string of the molecule is COc1c2c(c(O)c3c1[C@H](OC(=O)C(C)C)Cc1cc4c(c(O)c1-3)C(=O)O[C@@H](C)C4)C(=O)c1cccc(O)c1C2=O. The van der Waals surface area contributed by atoms with Crippen molar-refractivity contribution in [3.63, 3.8) is 0 Å². The summed E-state index contributed by atoms with van der Waals surface area (Å²) >= 11 is 0. The van der Waals surface area contributed by atoms with Crippen molar-refractivity contribution in [1.29, 1.82) is 0 Å². The second-order valence-corrected chi connectivity index (χ2v) is 10.8. The predicted molar refractivity (Wildman–Crippen MR) is 143 cm³/mol. The second-order valence-electron chi connectivity index (χ2n) is 10.8. The molecule has 0 amide bonds. The number of hydrogen-bond donors (Lipinski definition) is 3.